The minimum Gasteiger partial charge on any atom is -0.484 e. The molecule has 2 aromatic carbocycles. The average Bonchev–Trinajstić information content (AvgIpc) is 3.16. The maximum atomic E-state index is 11.4. The number of benzene rings is 2. The quantitative estimate of drug-likeness (QED) is 0.595. The lowest BCUT2D eigenvalue weighted by molar-refractivity contribution is -0.122. The van der Waals surface area contributed by atoms with E-state index in [2.05, 4.69) is 21.5 Å². The molecule has 0 saturated carbocycles. The highest BCUT2D eigenvalue weighted by atomic mass is 16.5. The smallest absolute Gasteiger partial charge is 0.257 e. The van der Waals surface area contributed by atoms with E-state index in [1.54, 1.807) is 19.4 Å². The highest BCUT2D eigenvalue weighted by molar-refractivity contribution is 5.84. The number of hydrogen-bond acceptors (Lipinski definition) is 4. The highest BCUT2D eigenvalue weighted by Crippen LogP contribution is 2.27. The second-order valence-corrected chi connectivity index (χ2v) is 6.05. The molecule has 134 valence electrons. The van der Waals surface area contributed by atoms with Gasteiger partial charge in [-0.05, 0) is 47.5 Å². The first kappa shape index (κ1) is 16.8. The number of carbonyl (C=O) groups is 1. The van der Waals surface area contributed by atoms with Gasteiger partial charge in [0.2, 0.25) is 0 Å². The van der Waals surface area contributed by atoms with Gasteiger partial charge in [0, 0.05) is 24.8 Å². The fraction of sp³-hybridized carbons (Fsp3) is 0.0952. The predicted octanol–water partition coefficient (Wildman–Crippen LogP) is 3.21. The van der Waals surface area contributed by atoms with Gasteiger partial charge < -0.3 is 10.1 Å². The van der Waals surface area contributed by atoms with E-state index in [4.69, 9.17) is 4.74 Å². The van der Waals surface area contributed by atoms with E-state index in [1.807, 2.05) is 59.4 Å². The van der Waals surface area contributed by atoms with E-state index in [9.17, 15) is 4.79 Å². The molecule has 0 atom stereocenters. The summed E-state index contributed by atoms with van der Waals surface area (Å²) < 4.78 is 7.36. The minimum absolute atomic E-state index is 0.00311. The van der Waals surface area contributed by atoms with Crippen molar-refractivity contribution in [3.63, 3.8) is 0 Å². The zero-order chi connectivity index (χ0) is 18.6. The van der Waals surface area contributed by atoms with Gasteiger partial charge in [-0.15, -0.1) is 0 Å². The molecule has 0 bridgehead atoms. The Bertz CT molecular complexity index is 1090. The zero-order valence-electron chi connectivity index (χ0n) is 14.8. The van der Waals surface area contributed by atoms with Crippen molar-refractivity contribution in [2.75, 3.05) is 13.7 Å². The Kier molecular flexibility index (Phi) is 4.53. The number of nitrogens with zero attached hydrogens (tertiary/aromatic N) is 3. The molecule has 0 aliphatic heterocycles. The Morgan fingerprint density at radius 2 is 2.00 bits per heavy atom. The molecule has 0 aliphatic carbocycles. The van der Waals surface area contributed by atoms with Crippen LogP contribution in [0.5, 0.6) is 5.75 Å². The largest absolute Gasteiger partial charge is 0.484 e. The summed E-state index contributed by atoms with van der Waals surface area (Å²) in [5.74, 6) is 0.492. The van der Waals surface area contributed by atoms with Crippen molar-refractivity contribution in [3.05, 3.63) is 73.2 Å². The van der Waals surface area contributed by atoms with Crippen LogP contribution in [0.3, 0.4) is 0 Å². The van der Waals surface area contributed by atoms with Gasteiger partial charge >= 0.3 is 0 Å². The van der Waals surface area contributed by atoms with E-state index in [-0.39, 0.29) is 12.5 Å². The number of rotatable bonds is 5. The molecule has 6 nitrogen and oxygen atoms in total. The first-order chi connectivity index (χ1) is 13.2. The van der Waals surface area contributed by atoms with Crippen LogP contribution >= 0.6 is 0 Å². The van der Waals surface area contributed by atoms with Crippen molar-refractivity contribution in [2.24, 2.45) is 0 Å². The van der Waals surface area contributed by atoms with Gasteiger partial charge in [-0.1, -0.05) is 18.2 Å². The minimum atomic E-state index is -0.162. The molecule has 0 radical (unpaired) electrons. The number of ether oxygens (including phenoxy) is 1. The van der Waals surface area contributed by atoms with Gasteiger partial charge in [0.25, 0.3) is 5.91 Å². The summed E-state index contributed by atoms with van der Waals surface area (Å²) in [5.41, 5.74) is 3.90. The summed E-state index contributed by atoms with van der Waals surface area (Å²) in [6, 6.07) is 17.7. The Balaban J connectivity index is 1.63. The number of carbonyl (C=O) groups excluding carboxylic acids is 1. The van der Waals surface area contributed by atoms with Crippen molar-refractivity contribution in [1.29, 1.82) is 0 Å². The molecular formula is C21H18N4O2. The van der Waals surface area contributed by atoms with E-state index in [1.165, 1.54) is 0 Å². The predicted molar refractivity (Wildman–Crippen MR) is 104 cm³/mol. The number of likely N-dealkylation sites (N-methyl/N-ethyl adjacent to an activating group) is 1. The van der Waals surface area contributed by atoms with Gasteiger partial charge in [0.05, 0.1) is 17.4 Å². The van der Waals surface area contributed by atoms with Gasteiger partial charge in [-0.25, -0.2) is 4.68 Å². The molecule has 27 heavy (non-hydrogen) atoms. The van der Waals surface area contributed by atoms with Crippen LogP contribution in [-0.2, 0) is 4.79 Å². The summed E-state index contributed by atoms with van der Waals surface area (Å²) in [7, 11) is 1.59. The normalized spacial score (nSPS) is 10.7. The average molecular weight is 358 g/mol. The van der Waals surface area contributed by atoms with Crippen molar-refractivity contribution in [1.82, 2.24) is 20.1 Å². The molecule has 4 rings (SSSR count). The Hall–Kier alpha value is -3.67. The van der Waals surface area contributed by atoms with Crippen LogP contribution < -0.4 is 10.1 Å². The Labute approximate surface area is 156 Å². The molecule has 0 spiro atoms. The lowest BCUT2D eigenvalue weighted by atomic mass is 10.0. The van der Waals surface area contributed by atoms with Crippen molar-refractivity contribution >= 4 is 16.8 Å². The number of aromatic nitrogens is 3. The third-order valence-corrected chi connectivity index (χ3v) is 4.23. The second-order valence-electron chi connectivity index (χ2n) is 6.05. The van der Waals surface area contributed by atoms with E-state index in [0.717, 1.165) is 27.7 Å². The molecule has 0 fully saturated rings. The SMILES string of the molecule is CNC(=O)COc1cccc(-c2ccc3nn(-c4cccnc4)cc3c2)c1. The molecule has 0 aliphatic rings. The van der Waals surface area contributed by atoms with E-state index < -0.39 is 0 Å². The van der Waals surface area contributed by atoms with Crippen LogP contribution in [0, 0.1) is 0 Å². The fourth-order valence-corrected chi connectivity index (χ4v) is 2.81. The van der Waals surface area contributed by atoms with Crippen LogP contribution in [-0.4, -0.2) is 34.3 Å². The van der Waals surface area contributed by atoms with Gasteiger partial charge in [-0.3, -0.25) is 9.78 Å². The van der Waals surface area contributed by atoms with Gasteiger partial charge in [0.1, 0.15) is 5.75 Å². The van der Waals surface area contributed by atoms with Crippen LogP contribution in [0.2, 0.25) is 0 Å². The van der Waals surface area contributed by atoms with Gasteiger partial charge in [-0.2, -0.15) is 5.10 Å². The molecule has 2 aromatic heterocycles. The first-order valence-corrected chi connectivity index (χ1v) is 8.56. The van der Waals surface area contributed by atoms with Crippen LogP contribution in [0.15, 0.2) is 73.2 Å². The Morgan fingerprint density at radius 1 is 1.11 bits per heavy atom. The first-order valence-electron chi connectivity index (χ1n) is 8.56. The standard InChI is InChI=1S/C21H18N4O2/c1-22-21(26)14-27-19-6-2-4-15(11-19)16-7-8-20-17(10-16)13-25(24-20)18-5-3-9-23-12-18/h2-13H,14H2,1H3,(H,22,26). The van der Waals surface area contributed by atoms with Crippen LogP contribution in [0.1, 0.15) is 0 Å². The molecule has 0 unspecified atom stereocenters. The van der Waals surface area contributed by atoms with Crippen molar-refractivity contribution in [3.8, 4) is 22.6 Å². The van der Waals surface area contributed by atoms with Crippen molar-refractivity contribution in [2.45, 2.75) is 0 Å². The maximum Gasteiger partial charge on any atom is 0.257 e. The summed E-state index contributed by atoms with van der Waals surface area (Å²) in [6.07, 6.45) is 5.51. The topological polar surface area (TPSA) is 69.0 Å². The molecule has 1 amide bonds. The van der Waals surface area contributed by atoms with E-state index in [0.29, 0.717) is 5.75 Å². The molecule has 1 N–H and O–H groups in total. The van der Waals surface area contributed by atoms with Gasteiger partial charge in [0.15, 0.2) is 6.61 Å². The maximum absolute atomic E-state index is 11.4. The van der Waals surface area contributed by atoms with E-state index >= 15 is 0 Å². The van der Waals surface area contributed by atoms with Crippen molar-refractivity contribution < 1.29 is 9.53 Å². The number of amides is 1. The summed E-state index contributed by atoms with van der Waals surface area (Å²) >= 11 is 0. The third kappa shape index (κ3) is 3.64. The fourth-order valence-electron chi connectivity index (χ4n) is 2.81. The monoisotopic (exact) mass is 358 g/mol. The lowest BCUT2D eigenvalue weighted by Crippen LogP contribution is -2.24. The summed E-state index contributed by atoms with van der Waals surface area (Å²) in [5, 5.41) is 8.18. The lowest BCUT2D eigenvalue weighted by Gasteiger charge is -2.07. The third-order valence-electron chi connectivity index (χ3n) is 4.23. The number of fused-ring (bicyclic) bond motifs is 1. The Morgan fingerprint density at radius 3 is 2.81 bits per heavy atom. The molecule has 0 saturated heterocycles. The number of nitrogens with one attached hydrogen (secondary N) is 1. The second kappa shape index (κ2) is 7.29. The zero-order valence-corrected chi connectivity index (χ0v) is 14.8. The van der Waals surface area contributed by atoms with Crippen LogP contribution in [0.4, 0.5) is 0 Å². The highest BCUT2D eigenvalue weighted by Gasteiger charge is 2.07. The molecule has 6 heteroatoms. The molecule has 2 heterocycles. The summed E-state index contributed by atoms with van der Waals surface area (Å²) in [6.45, 7) is -0.00311. The summed E-state index contributed by atoms with van der Waals surface area (Å²) in [4.78, 5) is 15.5. The number of pyridine rings is 1. The van der Waals surface area contributed by atoms with Crippen LogP contribution in [0.25, 0.3) is 27.7 Å². The molecular weight excluding hydrogens is 340 g/mol. The number of hydrogen-bond donors (Lipinski definition) is 1. The molecule has 4 aromatic rings.